The lowest BCUT2D eigenvalue weighted by atomic mass is 9.54. The van der Waals surface area contributed by atoms with Gasteiger partial charge in [-0.05, 0) is 31.6 Å². The third-order valence-corrected chi connectivity index (χ3v) is 7.18. The van der Waals surface area contributed by atoms with Crippen molar-refractivity contribution in [3.8, 4) is 5.75 Å². The van der Waals surface area contributed by atoms with Crippen LogP contribution in [0.4, 0.5) is 0 Å². The number of carboxylic acid groups (broad SMARTS) is 2. The van der Waals surface area contributed by atoms with E-state index < -0.39 is 87.6 Å². The van der Waals surface area contributed by atoms with Crippen molar-refractivity contribution in [2.75, 3.05) is 14.1 Å². The smallest absolute Gasteiger partial charge is 0.414 e. The van der Waals surface area contributed by atoms with Gasteiger partial charge in [0.15, 0.2) is 11.4 Å². The first-order valence-corrected chi connectivity index (χ1v) is 11.1. The molecule has 39 heavy (non-hydrogen) atoms. The number of aliphatic hydroxyl groups is 4. The molecule has 1 saturated carbocycles. The molecule has 3 aliphatic rings. The molecule has 0 aromatic heterocycles. The number of aliphatic carboxylic acids is 2. The van der Waals surface area contributed by atoms with Gasteiger partial charge in [-0.3, -0.25) is 19.3 Å². The molecule has 0 saturated heterocycles. The van der Waals surface area contributed by atoms with Crippen LogP contribution < -0.4 is 5.73 Å². The molecule has 6 atom stereocenters. The van der Waals surface area contributed by atoms with E-state index in [2.05, 4.69) is 0 Å². The predicted octanol–water partition coefficient (Wildman–Crippen LogP) is -2.17. The zero-order chi connectivity index (χ0) is 29.0. The van der Waals surface area contributed by atoms with Crippen molar-refractivity contribution >= 4 is 35.2 Å². The van der Waals surface area contributed by atoms with Crippen LogP contribution in [-0.4, -0.2) is 107 Å². The highest BCUT2D eigenvalue weighted by atomic mass is 16.4. The molecule has 0 spiro atoms. The summed E-state index contributed by atoms with van der Waals surface area (Å²) in [6.45, 7) is 1.68. The number of rotatable bonds is 2. The Morgan fingerprint density at radius 2 is 1.56 bits per heavy atom. The van der Waals surface area contributed by atoms with Crippen molar-refractivity contribution in [2.45, 2.75) is 30.6 Å². The number of likely N-dealkylation sites (N-methyl/N-ethyl adjacent to an activating group) is 1. The highest BCUT2D eigenvalue weighted by Gasteiger charge is 2.68. The Morgan fingerprint density at radius 1 is 1.03 bits per heavy atom. The van der Waals surface area contributed by atoms with Crippen molar-refractivity contribution in [2.24, 2.45) is 17.6 Å². The zero-order valence-electron chi connectivity index (χ0n) is 20.8. The van der Waals surface area contributed by atoms with Gasteiger partial charge in [0.25, 0.3) is 5.91 Å². The SMILES string of the molecule is C[C@H]1c2cccc(O)c2C(O)=C2C(=O)[C@]3(O)C(O)=C(C(N)=O)C(=O)[C@@H](N(C)C)[C@@H]3[C@@H](O)[C@@H]21.O.O=C(O)C(=O)O. The van der Waals surface area contributed by atoms with Crippen LogP contribution in [0.1, 0.15) is 24.0 Å². The molecule has 11 N–H and O–H groups in total. The van der Waals surface area contributed by atoms with Crippen LogP contribution in [0, 0.1) is 11.8 Å². The summed E-state index contributed by atoms with van der Waals surface area (Å²) in [5.74, 6) is -12.5. The lowest BCUT2D eigenvalue weighted by molar-refractivity contribution is -0.169. The zero-order valence-corrected chi connectivity index (χ0v) is 20.8. The second-order valence-corrected chi connectivity index (χ2v) is 9.40. The van der Waals surface area contributed by atoms with Gasteiger partial charge in [-0.15, -0.1) is 0 Å². The average molecular weight is 552 g/mol. The number of phenolic OH excluding ortho intramolecular Hbond substituents is 1. The fourth-order valence-electron chi connectivity index (χ4n) is 5.58. The normalized spacial score (nSPS) is 29.3. The number of fused-ring (bicyclic) bond motifs is 3. The van der Waals surface area contributed by atoms with Gasteiger partial charge in [0.2, 0.25) is 5.78 Å². The minimum Gasteiger partial charge on any atom is -0.508 e. The van der Waals surface area contributed by atoms with Gasteiger partial charge >= 0.3 is 11.9 Å². The number of hydrogen-bond acceptors (Lipinski definition) is 11. The number of carbonyl (C=O) groups excluding carboxylic acids is 3. The Balaban J connectivity index is 0.000000687. The number of phenols is 1. The number of nitrogens with two attached hydrogens (primary N) is 1. The van der Waals surface area contributed by atoms with E-state index in [0.717, 1.165) is 0 Å². The molecule has 0 unspecified atom stereocenters. The molecule has 4 rings (SSSR count). The van der Waals surface area contributed by atoms with E-state index in [1.54, 1.807) is 19.1 Å². The molecular formula is C24H28N2O13. The van der Waals surface area contributed by atoms with E-state index in [-0.39, 0.29) is 16.8 Å². The Kier molecular flexibility index (Phi) is 8.28. The van der Waals surface area contributed by atoms with Gasteiger partial charge in [0, 0.05) is 11.5 Å². The Morgan fingerprint density at radius 3 is 2.03 bits per heavy atom. The molecule has 15 heteroatoms. The standard InChI is InChI=1S/C22H24N2O8.C2H2O4.H2O/c1-7-8-5-4-6-9(25)11(8)16(26)12-10(7)17(27)14-15(24(2)3)18(28)13(21(23)31)20(30)22(14,32)19(12)29;3-1(4)2(5)6;/h4-7,10,14-15,17,25-27,30,32H,1-3H3,(H2,23,31);(H,3,4)(H,5,6);1H2/t7-,10+,14+,15-,17-,22-;;/m0../s1. The van der Waals surface area contributed by atoms with Gasteiger partial charge in [0.1, 0.15) is 22.8 Å². The minimum absolute atomic E-state index is 0. The summed E-state index contributed by atoms with van der Waals surface area (Å²) in [6, 6.07) is 3.13. The molecule has 212 valence electrons. The van der Waals surface area contributed by atoms with Crippen LogP contribution in [0.5, 0.6) is 5.75 Å². The average Bonchev–Trinajstić information content (AvgIpc) is 2.81. The number of amides is 1. The van der Waals surface area contributed by atoms with E-state index in [0.29, 0.717) is 5.56 Å². The molecule has 0 bridgehead atoms. The number of ketones is 2. The van der Waals surface area contributed by atoms with Crippen LogP contribution in [-0.2, 0) is 24.0 Å². The number of aromatic hydroxyl groups is 1. The number of carboxylic acids is 2. The van der Waals surface area contributed by atoms with E-state index >= 15 is 0 Å². The first-order chi connectivity index (χ1) is 17.5. The van der Waals surface area contributed by atoms with E-state index in [9.17, 15) is 39.9 Å². The molecule has 1 aromatic carbocycles. The van der Waals surface area contributed by atoms with Crippen LogP contribution in [0.2, 0.25) is 0 Å². The van der Waals surface area contributed by atoms with Crippen molar-refractivity contribution in [1.82, 2.24) is 4.90 Å². The van der Waals surface area contributed by atoms with Crippen LogP contribution in [0.3, 0.4) is 0 Å². The summed E-state index contributed by atoms with van der Waals surface area (Å²) >= 11 is 0. The van der Waals surface area contributed by atoms with Crippen molar-refractivity contribution in [1.29, 1.82) is 0 Å². The predicted molar refractivity (Wildman–Crippen MR) is 129 cm³/mol. The van der Waals surface area contributed by atoms with Crippen LogP contribution >= 0.6 is 0 Å². The van der Waals surface area contributed by atoms with Gasteiger partial charge in [-0.25, -0.2) is 9.59 Å². The molecule has 0 aliphatic heterocycles. The Bertz CT molecular complexity index is 1320. The lowest BCUT2D eigenvalue weighted by Gasteiger charge is -2.53. The number of hydrogen-bond donors (Lipinski definition) is 8. The maximum absolute atomic E-state index is 13.7. The second-order valence-electron chi connectivity index (χ2n) is 9.40. The number of primary amides is 1. The van der Waals surface area contributed by atoms with Crippen molar-refractivity contribution in [3.63, 3.8) is 0 Å². The number of aliphatic hydroxyl groups excluding tert-OH is 3. The molecule has 1 fully saturated rings. The molecular weight excluding hydrogens is 524 g/mol. The highest BCUT2D eigenvalue weighted by Crippen LogP contribution is 2.55. The quantitative estimate of drug-likeness (QED) is 0.143. The fourth-order valence-corrected chi connectivity index (χ4v) is 5.58. The number of Topliss-reactive ketones (excluding diaryl/α,β-unsaturated/α-hetero) is 2. The van der Waals surface area contributed by atoms with Gasteiger partial charge in [0.05, 0.1) is 23.6 Å². The largest absolute Gasteiger partial charge is 0.508 e. The summed E-state index contributed by atoms with van der Waals surface area (Å²) in [4.78, 5) is 58.1. The topological polar surface area (TPSA) is 288 Å². The van der Waals surface area contributed by atoms with E-state index in [1.165, 1.54) is 25.1 Å². The summed E-state index contributed by atoms with van der Waals surface area (Å²) < 4.78 is 0. The van der Waals surface area contributed by atoms with Gasteiger partial charge < -0.3 is 47.0 Å². The third kappa shape index (κ3) is 4.40. The number of carbonyl (C=O) groups is 5. The first kappa shape index (κ1) is 30.9. The monoisotopic (exact) mass is 552 g/mol. The fraction of sp³-hybridized carbons (Fsp3) is 0.375. The summed E-state index contributed by atoms with van der Waals surface area (Å²) in [6.07, 6.45) is -1.59. The van der Waals surface area contributed by atoms with Gasteiger partial charge in [-0.2, -0.15) is 0 Å². The molecule has 3 aliphatic carbocycles. The number of nitrogens with zero attached hydrogens (tertiary/aromatic N) is 1. The second kappa shape index (κ2) is 10.5. The highest BCUT2D eigenvalue weighted by molar-refractivity contribution is 6.27. The molecule has 0 radical (unpaired) electrons. The molecule has 1 amide bonds. The van der Waals surface area contributed by atoms with E-state index in [1.807, 2.05) is 0 Å². The maximum Gasteiger partial charge on any atom is 0.414 e. The maximum atomic E-state index is 13.7. The van der Waals surface area contributed by atoms with Crippen molar-refractivity contribution in [3.05, 3.63) is 46.2 Å². The molecule has 0 heterocycles. The summed E-state index contributed by atoms with van der Waals surface area (Å²) in [7, 11) is 2.92. The van der Waals surface area contributed by atoms with Crippen LogP contribution in [0.15, 0.2) is 35.1 Å². The van der Waals surface area contributed by atoms with Crippen molar-refractivity contribution < 1.29 is 65.2 Å². The van der Waals surface area contributed by atoms with Gasteiger partial charge in [-0.1, -0.05) is 19.1 Å². The number of benzene rings is 1. The summed E-state index contributed by atoms with van der Waals surface area (Å²) in [5.41, 5.74) is 1.47. The first-order valence-electron chi connectivity index (χ1n) is 11.1. The van der Waals surface area contributed by atoms with Crippen LogP contribution in [0.25, 0.3) is 5.76 Å². The third-order valence-electron chi connectivity index (χ3n) is 7.18. The minimum atomic E-state index is -2.89. The molecule has 15 nitrogen and oxygen atoms in total. The summed E-state index contributed by atoms with van der Waals surface area (Å²) in [5, 5.41) is 69.7. The Labute approximate surface area is 220 Å². The van der Waals surface area contributed by atoms with E-state index in [4.69, 9.17) is 25.5 Å². The Hall–Kier alpha value is -4.31. The molecule has 1 aromatic rings. The lowest BCUT2D eigenvalue weighted by Crippen LogP contribution is -2.70.